The summed E-state index contributed by atoms with van der Waals surface area (Å²) in [5.41, 5.74) is 1.72. The normalized spacial score (nSPS) is 15.6. The number of nitrogens with one attached hydrogen (secondary N) is 1. The summed E-state index contributed by atoms with van der Waals surface area (Å²) >= 11 is 0. The SMILES string of the molecule is COc1ccc(C(C)C)cc1S(=O)(=O)N1CCC(C(=O)Nc2cccc3ccccc23)CC1. The lowest BCUT2D eigenvalue weighted by molar-refractivity contribution is -0.120. The molecule has 0 saturated carbocycles. The Bertz CT molecular complexity index is 1260. The van der Waals surface area contributed by atoms with Crippen LogP contribution in [0.2, 0.25) is 0 Å². The van der Waals surface area contributed by atoms with Gasteiger partial charge in [-0.2, -0.15) is 4.31 Å². The highest BCUT2D eigenvalue weighted by atomic mass is 32.2. The van der Waals surface area contributed by atoms with Crippen LogP contribution in [0.4, 0.5) is 5.69 Å². The molecular weight excluding hydrogens is 436 g/mol. The first kappa shape index (κ1) is 23.3. The number of fused-ring (bicyclic) bond motifs is 1. The van der Waals surface area contributed by atoms with Gasteiger partial charge in [-0.1, -0.05) is 56.3 Å². The van der Waals surface area contributed by atoms with Gasteiger partial charge in [0.15, 0.2) is 0 Å². The Hall–Kier alpha value is -2.90. The van der Waals surface area contributed by atoms with Gasteiger partial charge >= 0.3 is 0 Å². The van der Waals surface area contributed by atoms with Crippen molar-refractivity contribution >= 4 is 32.4 Å². The van der Waals surface area contributed by atoms with Crippen LogP contribution in [0.15, 0.2) is 65.6 Å². The summed E-state index contributed by atoms with van der Waals surface area (Å²) in [5.74, 6) is 0.241. The number of carbonyl (C=O) groups excluding carboxylic acids is 1. The molecule has 0 aromatic heterocycles. The number of sulfonamides is 1. The van der Waals surface area contributed by atoms with Gasteiger partial charge in [0, 0.05) is 30.1 Å². The van der Waals surface area contributed by atoms with E-state index in [4.69, 9.17) is 4.74 Å². The molecule has 1 fully saturated rings. The molecule has 1 saturated heterocycles. The Balaban J connectivity index is 1.47. The van der Waals surface area contributed by atoms with Crippen LogP contribution in [-0.2, 0) is 14.8 Å². The quantitative estimate of drug-likeness (QED) is 0.554. The highest BCUT2D eigenvalue weighted by Crippen LogP contribution is 2.33. The van der Waals surface area contributed by atoms with Gasteiger partial charge in [0.2, 0.25) is 15.9 Å². The Morgan fingerprint density at radius 2 is 1.73 bits per heavy atom. The number of ether oxygens (including phenoxy) is 1. The monoisotopic (exact) mass is 466 g/mol. The second-order valence-electron chi connectivity index (χ2n) is 8.76. The lowest BCUT2D eigenvalue weighted by Gasteiger charge is -2.31. The van der Waals surface area contributed by atoms with Crippen LogP contribution < -0.4 is 10.1 Å². The highest BCUT2D eigenvalue weighted by Gasteiger charge is 2.34. The minimum absolute atomic E-state index is 0.0669. The van der Waals surface area contributed by atoms with E-state index in [-0.39, 0.29) is 22.6 Å². The van der Waals surface area contributed by atoms with Crippen LogP contribution in [0.5, 0.6) is 5.75 Å². The summed E-state index contributed by atoms with van der Waals surface area (Å²) in [6, 6.07) is 19.1. The van der Waals surface area contributed by atoms with Crippen molar-refractivity contribution in [3.63, 3.8) is 0 Å². The van der Waals surface area contributed by atoms with E-state index in [1.54, 1.807) is 12.1 Å². The van der Waals surface area contributed by atoms with Crippen molar-refractivity contribution in [1.29, 1.82) is 0 Å². The third kappa shape index (κ3) is 4.75. The molecule has 1 N–H and O–H groups in total. The van der Waals surface area contributed by atoms with Crippen LogP contribution >= 0.6 is 0 Å². The van der Waals surface area contributed by atoms with Crippen molar-refractivity contribution in [1.82, 2.24) is 4.31 Å². The fourth-order valence-corrected chi connectivity index (χ4v) is 5.98. The number of hydrogen-bond donors (Lipinski definition) is 1. The lowest BCUT2D eigenvalue weighted by Crippen LogP contribution is -2.41. The first-order valence-corrected chi connectivity index (χ1v) is 12.7. The summed E-state index contributed by atoms with van der Waals surface area (Å²) in [6.45, 7) is 4.65. The number of benzene rings is 3. The Kier molecular flexibility index (Phi) is 6.72. The number of carbonyl (C=O) groups is 1. The van der Waals surface area contributed by atoms with Crippen molar-refractivity contribution in [3.8, 4) is 5.75 Å². The molecule has 1 heterocycles. The molecule has 0 unspecified atom stereocenters. The predicted octanol–water partition coefficient (Wildman–Crippen LogP) is 5.01. The third-order valence-electron chi connectivity index (χ3n) is 6.34. The average Bonchev–Trinajstić information content (AvgIpc) is 2.83. The molecule has 0 spiro atoms. The van der Waals surface area contributed by atoms with Crippen LogP contribution in [0.1, 0.15) is 38.2 Å². The van der Waals surface area contributed by atoms with Crippen LogP contribution in [0, 0.1) is 5.92 Å². The summed E-state index contributed by atoms with van der Waals surface area (Å²) in [4.78, 5) is 13.1. The lowest BCUT2D eigenvalue weighted by atomic mass is 9.97. The highest BCUT2D eigenvalue weighted by molar-refractivity contribution is 7.89. The van der Waals surface area contributed by atoms with E-state index in [2.05, 4.69) is 5.32 Å². The number of nitrogens with zero attached hydrogens (tertiary/aromatic N) is 1. The van der Waals surface area contributed by atoms with Crippen LogP contribution in [-0.4, -0.2) is 38.8 Å². The minimum atomic E-state index is -3.72. The van der Waals surface area contributed by atoms with Gasteiger partial charge in [-0.15, -0.1) is 0 Å². The number of methoxy groups -OCH3 is 1. The predicted molar refractivity (Wildman–Crippen MR) is 131 cm³/mol. The number of hydrogen-bond acceptors (Lipinski definition) is 4. The summed E-state index contributed by atoms with van der Waals surface area (Å²) < 4.78 is 33.6. The van der Waals surface area contributed by atoms with Gasteiger partial charge in [0.1, 0.15) is 10.6 Å². The van der Waals surface area contributed by atoms with E-state index >= 15 is 0 Å². The van der Waals surface area contributed by atoms with Crippen LogP contribution in [0.3, 0.4) is 0 Å². The molecule has 7 heteroatoms. The number of piperidine rings is 1. The molecule has 1 aliphatic heterocycles. The van der Waals surface area contributed by atoms with Crippen molar-refractivity contribution < 1.29 is 17.9 Å². The molecule has 0 radical (unpaired) electrons. The zero-order chi connectivity index (χ0) is 23.6. The summed E-state index contributed by atoms with van der Waals surface area (Å²) in [7, 11) is -2.24. The second-order valence-corrected chi connectivity index (χ2v) is 10.7. The number of amides is 1. The second kappa shape index (κ2) is 9.53. The molecule has 1 amide bonds. The van der Waals surface area contributed by atoms with E-state index < -0.39 is 10.0 Å². The number of anilines is 1. The Morgan fingerprint density at radius 1 is 1.03 bits per heavy atom. The van der Waals surface area contributed by atoms with Crippen molar-refractivity contribution in [2.45, 2.75) is 37.5 Å². The van der Waals surface area contributed by atoms with Gasteiger partial charge in [-0.25, -0.2) is 8.42 Å². The van der Waals surface area contributed by atoms with E-state index in [1.165, 1.54) is 11.4 Å². The molecule has 0 atom stereocenters. The van der Waals surface area contributed by atoms with Gasteiger partial charge in [-0.05, 0) is 47.9 Å². The van der Waals surface area contributed by atoms with Crippen LogP contribution in [0.25, 0.3) is 10.8 Å². The average molecular weight is 467 g/mol. The topological polar surface area (TPSA) is 75.7 Å². The van der Waals surface area contributed by atoms with Crippen molar-refractivity contribution in [3.05, 3.63) is 66.2 Å². The fourth-order valence-electron chi connectivity index (χ4n) is 4.32. The molecule has 6 nitrogen and oxygen atoms in total. The maximum absolute atomic E-state index is 13.4. The largest absolute Gasteiger partial charge is 0.495 e. The van der Waals surface area contributed by atoms with Gasteiger partial charge < -0.3 is 10.1 Å². The minimum Gasteiger partial charge on any atom is -0.495 e. The molecule has 0 aliphatic carbocycles. The standard InChI is InChI=1S/C26H30N2O4S/c1-18(2)21-11-12-24(32-3)25(17-21)33(30,31)28-15-13-20(14-16-28)26(29)27-23-10-6-8-19-7-4-5-9-22(19)23/h4-12,17-18,20H,13-16H2,1-3H3,(H,27,29). The number of rotatable bonds is 6. The molecule has 3 aromatic rings. The maximum atomic E-state index is 13.4. The molecule has 3 aromatic carbocycles. The van der Waals surface area contributed by atoms with Gasteiger partial charge in [-0.3, -0.25) is 4.79 Å². The molecule has 1 aliphatic rings. The third-order valence-corrected chi connectivity index (χ3v) is 8.26. The van der Waals surface area contributed by atoms with Gasteiger partial charge in [0.05, 0.1) is 7.11 Å². The zero-order valence-electron chi connectivity index (χ0n) is 19.2. The first-order chi connectivity index (χ1) is 15.8. The smallest absolute Gasteiger partial charge is 0.246 e. The van der Waals surface area contributed by atoms with Crippen molar-refractivity contribution in [2.75, 3.05) is 25.5 Å². The van der Waals surface area contributed by atoms with E-state index in [9.17, 15) is 13.2 Å². The van der Waals surface area contributed by atoms with Gasteiger partial charge in [0.25, 0.3) is 0 Å². The zero-order valence-corrected chi connectivity index (χ0v) is 20.1. The van der Waals surface area contributed by atoms with Crippen molar-refractivity contribution in [2.24, 2.45) is 5.92 Å². The summed E-state index contributed by atoms with van der Waals surface area (Å²) in [6.07, 6.45) is 0.948. The first-order valence-electron chi connectivity index (χ1n) is 11.3. The molecule has 0 bridgehead atoms. The van der Waals surface area contributed by atoms with E-state index in [0.717, 1.165) is 22.0 Å². The molecule has 174 valence electrons. The molecule has 4 rings (SSSR count). The Labute approximate surface area is 195 Å². The molecular formula is C26H30N2O4S. The molecule has 33 heavy (non-hydrogen) atoms. The van der Waals surface area contributed by atoms with E-state index in [1.807, 2.05) is 62.4 Å². The maximum Gasteiger partial charge on any atom is 0.246 e. The summed E-state index contributed by atoms with van der Waals surface area (Å²) in [5, 5.41) is 5.11. The fraction of sp³-hybridized carbons (Fsp3) is 0.346. The van der Waals surface area contributed by atoms with E-state index in [0.29, 0.717) is 31.7 Å². The Morgan fingerprint density at radius 3 is 2.42 bits per heavy atom.